The van der Waals surface area contributed by atoms with Crippen LogP contribution >= 0.6 is 11.6 Å². The molecule has 2 bridgehead atoms. The van der Waals surface area contributed by atoms with Gasteiger partial charge in [0.25, 0.3) is 5.56 Å². The zero-order valence-electron chi connectivity index (χ0n) is 17.5. The molecule has 1 aliphatic heterocycles. The van der Waals surface area contributed by atoms with Gasteiger partial charge in [0, 0.05) is 61.1 Å². The molecular weight excluding hydrogens is 414 g/mol. The van der Waals surface area contributed by atoms with Crippen molar-refractivity contribution in [1.82, 2.24) is 24.3 Å². The van der Waals surface area contributed by atoms with Crippen LogP contribution in [-0.2, 0) is 13.6 Å². The fourth-order valence-electron chi connectivity index (χ4n) is 5.38. The van der Waals surface area contributed by atoms with Crippen molar-refractivity contribution in [2.45, 2.75) is 38.4 Å². The van der Waals surface area contributed by atoms with Gasteiger partial charge in [0.05, 0.1) is 15.9 Å². The van der Waals surface area contributed by atoms with Gasteiger partial charge in [-0.1, -0.05) is 17.7 Å². The van der Waals surface area contributed by atoms with E-state index in [9.17, 15) is 4.79 Å². The van der Waals surface area contributed by atoms with Crippen LogP contribution in [0.25, 0.3) is 33.1 Å². The number of aromatic amines is 1. The first kappa shape index (κ1) is 18.9. The van der Waals surface area contributed by atoms with E-state index in [1.165, 1.54) is 0 Å². The summed E-state index contributed by atoms with van der Waals surface area (Å²) in [6, 6.07) is 4.27. The number of aryl methyl sites for hydroxylation is 1. The Kier molecular flexibility index (Phi) is 4.01. The fraction of sp³-hybridized carbons (Fsp3) is 0.409. The summed E-state index contributed by atoms with van der Waals surface area (Å²) in [5, 5.41) is 6.53. The van der Waals surface area contributed by atoms with Gasteiger partial charge >= 0.3 is 0 Å². The molecule has 0 radical (unpaired) electrons. The highest BCUT2D eigenvalue weighted by atomic mass is 35.5. The molecule has 0 amide bonds. The second-order valence-electron chi connectivity index (χ2n) is 8.68. The molecule has 2 aliphatic rings. The number of piperidine rings is 1. The average Bonchev–Trinajstić information content (AvgIpc) is 3.53. The molecule has 1 aromatic carbocycles. The molecule has 4 heterocycles. The standard InChI is InChI=1S/C22H24ClN7O/c1-3-29-10-14-15(27-29)6-5-12(18(14)23)13-8-25-20-17(13)21(31)28(2)22(26-20)30-9-11-4-7-16(30)19(11)24/h5-6,8,10-11,16,19,25H,3-4,7,9,24H2,1-2H3/t11-,16-,19-/m0/s1. The Bertz CT molecular complexity index is 1400. The Morgan fingerprint density at radius 1 is 1.29 bits per heavy atom. The number of hydrogen-bond donors (Lipinski definition) is 2. The maximum Gasteiger partial charge on any atom is 0.264 e. The van der Waals surface area contributed by atoms with Gasteiger partial charge in [-0.3, -0.25) is 14.0 Å². The van der Waals surface area contributed by atoms with Gasteiger partial charge in [0.2, 0.25) is 5.95 Å². The lowest BCUT2D eigenvalue weighted by Gasteiger charge is -2.29. The molecule has 3 N–H and O–H groups in total. The molecule has 1 saturated carbocycles. The number of hydrogen-bond acceptors (Lipinski definition) is 5. The number of rotatable bonds is 3. The molecule has 4 aromatic rings. The first-order valence-corrected chi connectivity index (χ1v) is 11.1. The van der Waals surface area contributed by atoms with Gasteiger partial charge in [-0.05, 0) is 31.7 Å². The van der Waals surface area contributed by atoms with Gasteiger partial charge in [0.15, 0.2) is 0 Å². The van der Waals surface area contributed by atoms with E-state index < -0.39 is 0 Å². The number of aromatic nitrogens is 5. The van der Waals surface area contributed by atoms with Gasteiger partial charge in [-0.25, -0.2) is 0 Å². The van der Waals surface area contributed by atoms with Crippen LogP contribution in [0.5, 0.6) is 0 Å². The Labute approximate surface area is 183 Å². The van der Waals surface area contributed by atoms with Crippen LogP contribution < -0.4 is 16.2 Å². The van der Waals surface area contributed by atoms with Crippen molar-refractivity contribution in [3.05, 3.63) is 39.9 Å². The number of benzene rings is 1. The van der Waals surface area contributed by atoms with Crippen LogP contribution in [0.3, 0.4) is 0 Å². The predicted molar refractivity (Wildman–Crippen MR) is 123 cm³/mol. The Balaban J connectivity index is 1.51. The van der Waals surface area contributed by atoms with E-state index in [1.54, 1.807) is 11.6 Å². The number of H-pyrrole nitrogens is 1. The molecule has 3 atom stereocenters. The van der Waals surface area contributed by atoms with E-state index in [-0.39, 0.29) is 17.6 Å². The van der Waals surface area contributed by atoms with Crippen molar-refractivity contribution in [3.63, 3.8) is 0 Å². The van der Waals surface area contributed by atoms with E-state index in [0.29, 0.717) is 27.9 Å². The van der Waals surface area contributed by atoms with Crippen molar-refractivity contribution < 1.29 is 0 Å². The summed E-state index contributed by atoms with van der Waals surface area (Å²) in [6.07, 6.45) is 5.97. The Hall–Kier alpha value is -2.84. The molecule has 0 spiro atoms. The lowest BCUT2D eigenvalue weighted by molar-refractivity contribution is 0.530. The molecule has 3 aromatic heterocycles. The minimum Gasteiger partial charge on any atom is -0.345 e. The van der Waals surface area contributed by atoms with Crippen LogP contribution in [0.2, 0.25) is 5.02 Å². The maximum absolute atomic E-state index is 13.5. The first-order chi connectivity index (χ1) is 15.0. The number of nitrogens with two attached hydrogens (primary N) is 1. The SMILES string of the molecule is CCn1cc2c(Cl)c(-c3c[nH]c4nc(N5C[C@@H]6CC[C@H]5[C@H]6N)n(C)c(=O)c34)ccc2n1. The lowest BCUT2D eigenvalue weighted by Crippen LogP contribution is -2.40. The van der Waals surface area contributed by atoms with Crippen molar-refractivity contribution in [2.75, 3.05) is 11.4 Å². The number of halogens is 1. The molecule has 1 aliphatic carbocycles. The zero-order valence-corrected chi connectivity index (χ0v) is 18.2. The van der Waals surface area contributed by atoms with E-state index in [4.69, 9.17) is 22.3 Å². The molecule has 9 heteroatoms. The zero-order chi connectivity index (χ0) is 21.4. The van der Waals surface area contributed by atoms with E-state index >= 15 is 0 Å². The molecular formula is C22H24ClN7O. The van der Waals surface area contributed by atoms with Crippen molar-refractivity contribution >= 4 is 39.5 Å². The third-order valence-corrected chi connectivity index (χ3v) is 7.49. The molecule has 8 nitrogen and oxygen atoms in total. The second-order valence-corrected chi connectivity index (χ2v) is 9.06. The molecule has 1 saturated heterocycles. The van der Waals surface area contributed by atoms with Crippen LogP contribution in [-0.4, -0.2) is 42.9 Å². The summed E-state index contributed by atoms with van der Waals surface area (Å²) in [5.41, 5.74) is 9.25. The van der Waals surface area contributed by atoms with Gasteiger partial charge in [-0.15, -0.1) is 0 Å². The minimum absolute atomic E-state index is 0.0898. The summed E-state index contributed by atoms with van der Waals surface area (Å²) in [7, 11) is 1.79. The summed E-state index contributed by atoms with van der Waals surface area (Å²) < 4.78 is 3.51. The lowest BCUT2D eigenvalue weighted by atomic mass is 10.0. The van der Waals surface area contributed by atoms with Crippen LogP contribution in [0.4, 0.5) is 5.95 Å². The van der Waals surface area contributed by atoms with E-state index in [2.05, 4.69) is 15.0 Å². The number of fused-ring (bicyclic) bond motifs is 4. The van der Waals surface area contributed by atoms with Crippen LogP contribution in [0, 0.1) is 5.92 Å². The third kappa shape index (κ3) is 2.55. The van der Waals surface area contributed by atoms with Crippen molar-refractivity contribution in [2.24, 2.45) is 18.7 Å². The number of anilines is 1. The highest BCUT2D eigenvalue weighted by molar-refractivity contribution is 6.38. The predicted octanol–water partition coefficient (Wildman–Crippen LogP) is 2.88. The number of nitrogens with one attached hydrogen (secondary N) is 1. The summed E-state index contributed by atoms with van der Waals surface area (Å²) in [4.78, 5) is 23.7. The van der Waals surface area contributed by atoms with E-state index in [1.807, 2.05) is 36.1 Å². The molecule has 0 unspecified atom stereocenters. The monoisotopic (exact) mass is 437 g/mol. The second kappa shape index (κ2) is 6.58. The van der Waals surface area contributed by atoms with Gasteiger partial charge in [0.1, 0.15) is 5.65 Å². The summed E-state index contributed by atoms with van der Waals surface area (Å²) in [5.74, 6) is 1.16. The first-order valence-electron chi connectivity index (χ1n) is 10.7. The maximum atomic E-state index is 13.5. The average molecular weight is 438 g/mol. The number of nitrogens with zero attached hydrogens (tertiary/aromatic N) is 5. The summed E-state index contributed by atoms with van der Waals surface area (Å²) >= 11 is 6.77. The van der Waals surface area contributed by atoms with Crippen LogP contribution in [0.1, 0.15) is 19.8 Å². The Morgan fingerprint density at radius 2 is 2.13 bits per heavy atom. The topological polar surface area (TPSA) is 97.8 Å². The van der Waals surface area contributed by atoms with Crippen LogP contribution in [0.15, 0.2) is 29.3 Å². The fourth-order valence-corrected chi connectivity index (χ4v) is 5.69. The smallest absolute Gasteiger partial charge is 0.264 e. The quantitative estimate of drug-likeness (QED) is 0.513. The van der Waals surface area contributed by atoms with Gasteiger partial charge in [-0.2, -0.15) is 10.1 Å². The molecule has 31 heavy (non-hydrogen) atoms. The third-order valence-electron chi connectivity index (χ3n) is 7.09. The van der Waals surface area contributed by atoms with Crippen molar-refractivity contribution in [1.29, 1.82) is 0 Å². The molecule has 160 valence electrons. The normalized spacial score (nSPS) is 23.0. The van der Waals surface area contributed by atoms with Gasteiger partial charge < -0.3 is 15.6 Å². The molecule has 2 fully saturated rings. The van der Waals surface area contributed by atoms with E-state index in [0.717, 1.165) is 48.0 Å². The van der Waals surface area contributed by atoms with Crippen molar-refractivity contribution in [3.8, 4) is 11.1 Å². The highest BCUT2D eigenvalue weighted by Crippen LogP contribution is 2.40. The summed E-state index contributed by atoms with van der Waals surface area (Å²) in [6.45, 7) is 3.66. The Morgan fingerprint density at radius 3 is 2.84 bits per heavy atom. The minimum atomic E-state index is -0.0898. The molecule has 6 rings (SSSR count). The largest absolute Gasteiger partial charge is 0.345 e. The highest BCUT2D eigenvalue weighted by Gasteiger charge is 2.46.